The molecule has 3 amide bonds. The van der Waals surface area contributed by atoms with Gasteiger partial charge in [-0.25, -0.2) is 0 Å². The molecule has 0 N–H and O–H groups in total. The van der Waals surface area contributed by atoms with E-state index in [0.717, 1.165) is 14.9 Å². The van der Waals surface area contributed by atoms with Gasteiger partial charge < -0.3 is 9.64 Å². The van der Waals surface area contributed by atoms with E-state index < -0.39 is 29.8 Å². The van der Waals surface area contributed by atoms with E-state index in [9.17, 15) is 14.4 Å². The van der Waals surface area contributed by atoms with Gasteiger partial charge in [0.1, 0.15) is 11.8 Å². The minimum atomic E-state index is -1.17. The molecule has 190 valence electrons. The highest BCUT2D eigenvalue weighted by atomic mass is 79.9. The van der Waals surface area contributed by atoms with Crippen LogP contribution in [0.2, 0.25) is 20.1 Å². The number of hydrogen-bond donors (Lipinski definition) is 0. The van der Waals surface area contributed by atoms with Gasteiger partial charge in [-0.1, -0.05) is 68.4 Å². The normalized spacial score (nSPS) is 18.9. The van der Waals surface area contributed by atoms with Gasteiger partial charge >= 0.3 is 0 Å². The van der Waals surface area contributed by atoms with Gasteiger partial charge in [-0.3, -0.25) is 19.3 Å². The molecule has 3 aromatic rings. The van der Waals surface area contributed by atoms with Crippen molar-refractivity contribution in [2.75, 3.05) is 12.0 Å². The van der Waals surface area contributed by atoms with E-state index in [1.54, 1.807) is 29.2 Å². The summed E-state index contributed by atoms with van der Waals surface area (Å²) in [7, 11) is 1.54. The zero-order valence-electron chi connectivity index (χ0n) is 18.9. The number of carbonyl (C=O) groups is 3. The molecule has 12 heteroatoms. The lowest BCUT2D eigenvalue weighted by Crippen LogP contribution is -2.67. The molecular weight excluding hydrogens is 694 g/mol. The molecule has 1 saturated heterocycles. The van der Waals surface area contributed by atoms with Crippen molar-refractivity contribution in [1.82, 2.24) is 4.90 Å². The maximum atomic E-state index is 13.7. The van der Waals surface area contributed by atoms with Gasteiger partial charge in [0, 0.05) is 10.2 Å². The average Bonchev–Trinajstić information content (AvgIpc) is 3.12. The molecule has 2 aliphatic rings. The first-order valence-corrected chi connectivity index (χ1v) is 13.8. The van der Waals surface area contributed by atoms with Crippen molar-refractivity contribution >= 4 is 102 Å². The van der Waals surface area contributed by atoms with E-state index in [4.69, 9.17) is 51.1 Å². The van der Waals surface area contributed by atoms with Crippen molar-refractivity contribution < 1.29 is 19.1 Å². The first kappa shape index (κ1) is 26.8. The number of ether oxygens (including phenoxy) is 1. The Bertz CT molecular complexity index is 1500. The molecule has 0 bridgehead atoms. The molecule has 6 nitrogen and oxygen atoms in total. The van der Waals surface area contributed by atoms with Crippen molar-refractivity contribution in [2.24, 2.45) is 0 Å². The second-order valence-corrected chi connectivity index (χ2v) is 11.6. The number of fused-ring (bicyclic) bond motifs is 1. The van der Waals surface area contributed by atoms with Crippen LogP contribution in [0.4, 0.5) is 5.69 Å². The summed E-state index contributed by atoms with van der Waals surface area (Å²) >= 11 is 31.9. The number of rotatable bonds is 4. The molecule has 0 radical (unpaired) electrons. The lowest BCUT2D eigenvalue weighted by Gasteiger charge is -2.50. The van der Waals surface area contributed by atoms with Crippen molar-refractivity contribution in [1.29, 1.82) is 0 Å². The maximum Gasteiger partial charge on any atom is 0.264 e. The van der Waals surface area contributed by atoms with Crippen molar-refractivity contribution in [2.45, 2.75) is 19.0 Å². The number of anilines is 1. The minimum absolute atomic E-state index is 0.141. The van der Waals surface area contributed by atoms with Crippen LogP contribution in [0, 0.1) is 6.92 Å². The number of halogens is 6. The van der Waals surface area contributed by atoms with Crippen LogP contribution in [0.15, 0.2) is 45.3 Å². The van der Waals surface area contributed by atoms with E-state index >= 15 is 0 Å². The van der Waals surface area contributed by atoms with E-state index in [1.165, 1.54) is 7.11 Å². The van der Waals surface area contributed by atoms with Crippen LogP contribution in [-0.4, -0.2) is 35.8 Å². The third-order valence-electron chi connectivity index (χ3n) is 6.42. The summed E-state index contributed by atoms with van der Waals surface area (Å²) in [6.45, 7) is 1.90. The first-order chi connectivity index (χ1) is 17.5. The summed E-state index contributed by atoms with van der Waals surface area (Å²) in [5.74, 6) is -1.40. The van der Waals surface area contributed by atoms with Gasteiger partial charge in [-0.2, -0.15) is 0 Å². The highest BCUT2D eigenvalue weighted by Gasteiger charge is 2.58. The Hall–Kier alpha value is -1.81. The monoisotopic (exact) mass is 704 g/mol. The molecule has 0 aromatic heterocycles. The first-order valence-electron chi connectivity index (χ1n) is 10.7. The molecule has 37 heavy (non-hydrogen) atoms. The summed E-state index contributed by atoms with van der Waals surface area (Å²) in [6.07, 6.45) is 0. The fourth-order valence-electron chi connectivity index (χ4n) is 4.61. The summed E-state index contributed by atoms with van der Waals surface area (Å²) in [5, 5.41) is -0.666. The third kappa shape index (κ3) is 3.99. The number of nitrogens with zero attached hydrogens (tertiary/aromatic N) is 2. The van der Waals surface area contributed by atoms with Crippen LogP contribution in [0.25, 0.3) is 0 Å². The molecule has 3 aromatic carbocycles. The van der Waals surface area contributed by atoms with Gasteiger partial charge in [0.25, 0.3) is 17.7 Å². The second-order valence-electron chi connectivity index (χ2n) is 8.41. The number of benzene rings is 3. The molecular formula is C25H14Br2Cl4N2O4. The van der Waals surface area contributed by atoms with Crippen LogP contribution >= 0.6 is 78.3 Å². The van der Waals surface area contributed by atoms with Crippen LogP contribution in [0.1, 0.15) is 37.9 Å². The number of methoxy groups -OCH3 is 1. The molecule has 1 fully saturated rings. The Morgan fingerprint density at radius 1 is 0.757 bits per heavy atom. The van der Waals surface area contributed by atoms with Crippen molar-refractivity contribution in [3.05, 3.63) is 87.7 Å². The van der Waals surface area contributed by atoms with Crippen LogP contribution in [0.3, 0.4) is 0 Å². The predicted octanol–water partition coefficient (Wildman–Crippen LogP) is 7.89. The number of β-lactam (4-membered cyclic amide) rings is 1. The predicted molar refractivity (Wildman–Crippen MR) is 151 cm³/mol. The van der Waals surface area contributed by atoms with Crippen molar-refractivity contribution in [3.63, 3.8) is 0 Å². The van der Waals surface area contributed by atoms with Gasteiger partial charge in [-0.05, 0) is 64.3 Å². The summed E-state index contributed by atoms with van der Waals surface area (Å²) in [6, 6.07) is 8.89. The Labute approximate surface area is 248 Å². The van der Waals surface area contributed by atoms with Crippen LogP contribution in [0.5, 0.6) is 5.75 Å². The molecule has 2 aliphatic heterocycles. The molecule has 2 atom stereocenters. The Balaban J connectivity index is 1.65. The highest BCUT2D eigenvalue weighted by Crippen LogP contribution is 2.49. The van der Waals surface area contributed by atoms with Crippen molar-refractivity contribution in [3.8, 4) is 5.75 Å². The molecule has 0 spiro atoms. The number of hydrogen-bond acceptors (Lipinski definition) is 4. The lowest BCUT2D eigenvalue weighted by molar-refractivity contribution is -0.130. The summed E-state index contributed by atoms with van der Waals surface area (Å²) in [5.41, 5.74) is 1.84. The number of imide groups is 1. The SMILES string of the molecule is COc1ccc([C@H]2[C@@H](N3C(=O)c4c(Cl)c(Cl)c(Cl)c(Cl)c4C3=O)C(=O)N2c2ccc(Br)c(C)c2)cc1Br. The molecule has 2 heterocycles. The number of carbonyl (C=O) groups excluding carboxylic acids is 3. The van der Waals surface area contributed by atoms with E-state index in [2.05, 4.69) is 31.9 Å². The lowest BCUT2D eigenvalue weighted by atomic mass is 9.86. The Morgan fingerprint density at radius 2 is 1.35 bits per heavy atom. The largest absolute Gasteiger partial charge is 0.496 e. The zero-order valence-corrected chi connectivity index (χ0v) is 25.1. The average molecular weight is 708 g/mol. The molecule has 0 unspecified atom stereocenters. The molecule has 0 aliphatic carbocycles. The maximum absolute atomic E-state index is 13.7. The van der Waals surface area contributed by atoms with Gasteiger partial charge in [-0.15, -0.1) is 0 Å². The fraction of sp³-hybridized carbons (Fsp3) is 0.160. The van der Waals surface area contributed by atoms with E-state index in [1.807, 2.05) is 19.1 Å². The molecule has 5 rings (SSSR count). The topological polar surface area (TPSA) is 66.9 Å². The Kier molecular flexibility index (Phi) is 7.05. The zero-order chi connectivity index (χ0) is 26.9. The van der Waals surface area contributed by atoms with E-state index in [0.29, 0.717) is 21.5 Å². The highest BCUT2D eigenvalue weighted by molar-refractivity contribution is 9.10. The van der Waals surface area contributed by atoms with Gasteiger partial charge in [0.15, 0.2) is 0 Å². The molecule has 0 saturated carbocycles. The van der Waals surface area contributed by atoms with Gasteiger partial charge in [0.05, 0.1) is 48.8 Å². The smallest absolute Gasteiger partial charge is 0.264 e. The summed E-state index contributed by atoms with van der Waals surface area (Å²) in [4.78, 5) is 43.3. The standard InChI is InChI=1S/C25H14Br2Cl4N2O4/c1-9-7-11(4-5-12(9)26)32-21(10-3-6-14(37-2)13(27)8-10)22(25(32)36)33-23(34)15-16(24(33)35)18(29)20(31)19(30)17(15)28/h3-8,21-22H,1-2H3/t21-,22+/m0/s1. The minimum Gasteiger partial charge on any atom is -0.496 e. The summed E-state index contributed by atoms with van der Waals surface area (Å²) < 4.78 is 6.86. The third-order valence-corrected chi connectivity index (χ3v) is 9.73. The van der Waals surface area contributed by atoms with Crippen LogP contribution < -0.4 is 9.64 Å². The fourth-order valence-corrected chi connectivity index (χ4v) is 6.43. The van der Waals surface area contributed by atoms with Gasteiger partial charge in [0.2, 0.25) is 0 Å². The number of aryl methyl sites for hydroxylation is 1. The number of amides is 3. The second kappa shape index (κ2) is 9.74. The Morgan fingerprint density at radius 3 is 1.86 bits per heavy atom. The van der Waals surface area contributed by atoms with Crippen LogP contribution in [-0.2, 0) is 4.79 Å². The quantitative estimate of drug-likeness (QED) is 0.120. The van der Waals surface area contributed by atoms with E-state index in [-0.39, 0.29) is 31.2 Å².